The Kier molecular flexibility index (Phi) is 4.92. The third-order valence-corrected chi connectivity index (χ3v) is 2.23. The number of benzene rings is 1. The van der Waals surface area contributed by atoms with Gasteiger partial charge in [-0.05, 0) is 23.8 Å². The Bertz CT molecular complexity index is 395. The van der Waals surface area contributed by atoms with Crippen LogP contribution in [0.15, 0.2) is 18.2 Å². The first-order valence-electron chi connectivity index (χ1n) is 5.18. The van der Waals surface area contributed by atoms with E-state index in [0.717, 1.165) is 17.0 Å². The maximum Gasteiger partial charge on any atom is 0.405 e. The van der Waals surface area contributed by atoms with Gasteiger partial charge >= 0.3 is 6.18 Å². The summed E-state index contributed by atoms with van der Waals surface area (Å²) in [6, 6.07) is 3.22. The standard InChI is InChI=1S/C11H13F4NO2/c12-9-3-8(6-18)4-10(5-9)16(1-2-17)7-11(13,14)15/h3-5,17-18H,1-2,6-7H2. The molecule has 2 N–H and O–H groups in total. The lowest BCUT2D eigenvalue weighted by molar-refractivity contribution is -0.119. The van der Waals surface area contributed by atoms with Crippen LogP contribution in [0.1, 0.15) is 5.56 Å². The summed E-state index contributed by atoms with van der Waals surface area (Å²) in [5.74, 6) is -0.735. The van der Waals surface area contributed by atoms with Gasteiger partial charge < -0.3 is 15.1 Å². The van der Waals surface area contributed by atoms with Gasteiger partial charge in [-0.15, -0.1) is 0 Å². The molecule has 0 saturated heterocycles. The summed E-state index contributed by atoms with van der Waals surface area (Å²) < 4.78 is 50.2. The fraction of sp³-hybridized carbons (Fsp3) is 0.455. The van der Waals surface area contributed by atoms with Crippen molar-refractivity contribution in [2.45, 2.75) is 12.8 Å². The first-order chi connectivity index (χ1) is 8.35. The molecule has 0 aliphatic rings. The van der Waals surface area contributed by atoms with Gasteiger partial charge in [0.1, 0.15) is 12.4 Å². The lowest BCUT2D eigenvalue weighted by Crippen LogP contribution is -2.36. The molecule has 0 aliphatic heterocycles. The predicted octanol–water partition coefficient (Wildman–Crippen LogP) is 1.68. The minimum Gasteiger partial charge on any atom is -0.395 e. The highest BCUT2D eigenvalue weighted by Crippen LogP contribution is 2.24. The van der Waals surface area contributed by atoms with E-state index in [1.165, 1.54) is 6.07 Å². The Morgan fingerprint density at radius 2 is 1.78 bits per heavy atom. The molecule has 0 heterocycles. The van der Waals surface area contributed by atoms with Crippen LogP contribution in [0.2, 0.25) is 0 Å². The summed E-state index contributed by atoms with van der Waals surface area (Å²) >= 11 is 0. The molecule has 102 valence electrons. The van der Waals surface area contributed by atoms with Gasteiger partial charge in [0, 0.05) is 12.2 Å². The van der Waals surface area contributed by atoms with Gasteiger partial charge in [-0.2, -0.15) is 13.2 Å². The van der Waals surface area contributed by atoms with E-state index >= 15 is 0 Å². The number of halogens is 4. The van der Waals surface area contributed by atoms with Crippen molar-refractivity contribution in [2.75, 3.05) is 24.6 Å². The summed E-state index contributed by atoms with van der Waals surface area (Å²) in [5.41, 5.74) is 0.153. The van der Waals surface area contributed by atoms with Crippen molar-refractivity contribution in [2.24, 2.45) is 0 Å². The molecule has 0 spiro atoms. The van der Waals surface area contributed by atoms with Crippen LogP contribution in [0.3, 0.4) is 0 Å². The molecule has 0 aliphatic carbocycles. The van der Waals surface area contributed by atoms with Crippen molar-refractivity contribution in [3.05, 3.63) is 29.6 Å². The number of anilines is 1. The maximum atomic E-state index is 13.2. The predicted molar refractivity (Wildman–Crippen MR) is 57.7 cm³/mol. The molecule has 1 aromatic carbocycles. The molecule has 0 fully saturated rings. The number of aliphatic hydroxyl groups excluding tert-OH is 2. The van der Waals surface area contributed by atoms with Gasteiger partial charge in [-0.1, -0.05) is 0 Å². The highest BCUT2D eigenvalue weighted by molar-refractivity contribution is 5.49. The number of hydrogen-bond acceptors (Lipinski definition) is 3. The second-order valence-corrected chi connectivity index (χ2v) is 3.74. The molecule has 0 bridgehead atoms. The van der Waals surface area contributed by atoms with E-state index in [-0.39, 0.29) is 17.8 Å². The van der Waals surface area contributed by atoms with Crippen LogP contribution in [-0.4, -0.2) is 36.1 Å². The molecule has 0 amide bonds. The van der Waals surface area contributed by atoms with Gasteiger partial charge in [-0.25, -0.2) is 4.39 Å². The maximum absolute atomic E-state index is 13.2. The molecule has 1 aromatic rings. The highest BCUT2D eigenvalue weighted by Gasteiger charge is 2.31. The van der Waals surface area contributed by atoms with Crippen molar-refractivity contribution in [1.82, 2.24) is 0 Å². The van der Waals surface area contributed by atoms with Crippen LogP contribution in [0.4, 0.5) is 23.2 Å². The van der Waals surface area contributed by atoms with E-state index < -0.39 is 31.8 Å². The highest BCUT2D eigenvalue weighted by atomic mass is 19.4. The zero-order valence-electron chi connectivity index (χ0n) is 9.41. The normalized spacial score (nSPS) is 11.7. The van der Waals surface area contributed by atoms with Gasteiger partial charge in [0.25, 0.3) is 0 Å². The largest absolute Gasteiger partial charge is 0.405 e. The average Bonchev–Trinajstić information content (AvgIpc) is 2.26. The van der Waals surface area contributed by atoms with E-state index in [9.17, 15) is 17.6 Å². The van der Waals surface area contributed by atoms with Crippen LogP contribution < -0.4 is 4.90 Å². The van der Waals surface area contributed by atoms with Crippen LogP contribution >= 0.6 is 0 Å². The van der Waals surface area contributed by atoms with Crippen molar-refractivity contribution in [3.63, 3.8) is 0 Å². The van der Waals surface area contributed by atoms with Crippen molar-refractivity contribution < 1.29 is 27.8 Å². The summed E-state index contributed by atoms with van der Waals surface area (Å²) in [6.45, 7) is -2.51. The Balaban J connectivity index is 3.01. The summed E-state index contributed by atoms with van der Waals surface area (Å²) in [6.07, 6.45) is -4.46. The molecular formula is C11H13F4NO2. The Hall–Kier alpha value is -1.34. The van der Waals surface area contributed by atoms with Crippen LogP contribution in [0, 0.1) is 5.82 Å². The molecule has 0 atom stereocenters. The Morgan fingerprint density at radius 3 is 2.28 bits per heavy atom. The third-order valence-electron chi connectivity index (χ3n) is 2.23. The molecule has 0 saturated carbocycles. The minimum absolute atomic E-state index is 0.0228. The lowest BCUT2D eigenvalue weighted by atomic mass is 10.2. The van der Waals surface area contributed by atoms with E-state index in [1.54, 1.807) is 0 Å². The van der Waals surface area contributed by atoms with Crippen molar-refractivity contribution in [1.29, 1.82) is 0 Å². The molecule has 0 radical (unpaired) electrons. The first kappa shape index (κ1) is 14.7. The first-order valence-corrected chi connectivity index (χ1v) is 5.18. The number of rotatable bonds is 5. The van der Waals surface area contributed by atoms with Crippen molar-refractivity contribution >= 4 is 5.69 Å². The van der Waals surface area contributed by atoms with E-state index in [0.29, 0.717) is 0 Å². The summed E-state index contributed by atoms with van der Waals surface area (Å²) in [4.78, 5) is 0.808. The summed E-state index contributed by atoms with van der Waals surface area (Å²) in [5, 5.41) is 17.6. The molecular weight excluding hydrogens is 254 g/mol. The van der Waals surface area contributed by atoms with Crippen LogP contribution in [0.5, 0.6) is 0 Å². The smallest absolute Gasteiger partial charge is 0.395 e. The van der Waals surface area contributed by atoms with E-state index in [2.05, 4.69) is 0 Å². The average molecular weight is 267 g/mol. The second-order valence-electron chi connectivity index (χ2n) is 3.74. The molecule has 1 rings (SSSR count). The van der Waals surface area contributed by atoms with Crippen LogP contribution in [0.25, 0.3) is 0 Å². The topological polar surface area (TPSA) is 43.7 Å². The number of nitrogens with zero attached hydrogens (tertiary/aromatic N) is 1. The molecule has 18 heavy (non-hydrogen) atoms. The third kappa shape index (κ3) is 4.50. The fourth-order valence-corrected chi connectivity index (χ4v) is 1.54. The summed E-state index contributed by atoms with van der Waals surface area (Å²) in [7, 11) is 0. The van der Waals surface area contributed by atoms with Gasteiger partial charge in [0.05, 0.1) is 13.2 Å². The zero-order chi connectivity index (χ0) is 13.8. The Labute approximate surface area is 101 Å². The number of alkyl halides is 3. The quantitative estimate of drug-likeness (QED) is 0.798. The van der Waals surface area contributed by atoms with Gasteiger partial charge in [0.15, 0.2) is 0 Å². The van der Waals surface area contributed by atoms with E-state index in [4.69, 9.17) is 10.2 Å². The monoisotopic (exact) mass is 267 g/mol. The zero-order valence-corrected chi connectivity index (χ0v) is 9.41. The van der Waals surface area contributed by atoms with Crippen LogP contribution in [-0.2, 0) is 6.61 Å². The van der Waals surface area contributed by atoms with Gasteiger partial charge in [0.2, 0.25) is 0 Å². The van der Waals surface area contributed by atoms with E-state index in [1.807, 2.05) is 0 Å². The lowest BCUT2D eigenvalue weighted by Gasteiger charge is -2.25. The molecule has 3 nitrogen and oxygen atoms in total. The molecule has 0 unspecified atom stereocenters. The fourth-order valence-electron chi connectivity index (χ4n) is 1.54. The molecule has 7 heteroatoms. The SMILES string of the molecule is OCCN(CC(F)(F)F)c1cc(F)cc(CO)c1. The Morgan fingerprint density at radius 1 is 1.11 bits per heavy atom. The number of aliphatic hydroxyl groups is 2. The number of hydrogen-bond donors (Lipinski definition) is 2. The molecule has 0 aromatic heterocycles. The minimum atomic E-state index is -4.46. The van der Waals surface area contributed by atoms with Crippen molar-refractivity contribution in [3.8, 4) is 0 Å². The second kappa shape index (κ2) is 6.01. The van der Waals surface area contributed by atoms with Gasteiger partial charge in [-0.3, -0.25) is 0 Å².